The van der Waals surface area contributed by atoms with Crippen LogP contribution >= 0.6 is 0 Å². The fourth-order valence-corrected chi connectivity index (χ4v) is 0. The van der Waals surface area contributed by atoms with Crippen LogP contribution in [0, 0.1) is 0 Å². The van der Waals surface area contributed by atoms with Crippen molar-refractivity contribution in [1.82, 2.24) is 0 Å². The maximum Gasteiger partial charge on any atom is 0 e. The van der Waals surface area contributed by atoms with Crippen LogP contribution in [0.3, 0.4) is 0 Å². The van der Waals surface area contributed by atoms with Crippen molar-refractivity contribution in [3.8, 4) is 0 Å². The van der Waals surface area contributed by atoms with Gasteiger partial charge in [-0.3, -0.25) is 0 Å². The van der Waals surface area contributed by atoms with E-state index in [-0.39, 0.29) is 49.3 Å². The average Bonchev–Trinajstić information content (AvgIpc) is 0. The Morgan fingerprint density at radius 1 is 0.286 bits per heavy atom. The molecule has 0 bridgehead atoms. The van der Waals surface area contributed by atoms with E-state index in [4.69, 9.17) is 0 Å². The molecule has 0 fully saturated rings. The number of rotatable bonds is 0. The van der Waals surface area contributed by atoms with Crippen molar-refractivity contribution in [1.29, 1.82) is 0 Å². The molecule has 54 valence electrons. The van der Waals surface area contributed by atoms with Crippen molar-refractivity contribution in [2.24, 2.45) is 0 Å². The predicted molar refractivity (Wildman–Crippen MR) is 0 cm³/mol. The second kappa shape index (κ2) is 2420. The van der Waals surface area contributed by atoms with Gasteiger partial charge in [0.15, 0.2) is 0 Å². The van der Waals surface area contributed by atoms with Crippen molar-refractivity contribution >= 4 is 0 Å². The number of hydrogen-bond acceptors (Lipinski definition) is 0. The molecular formula is F6W-6. The summed E-state index contributed by atoms with van der Waals surface area (Å²) in [6.07, 6.45) is 0. The third-order valence-corrected chi connectivity index (χ3v) is 0. The molecule has 0 atom stereocenters. The van der Waals surface area contributed by atoms with Gasteiger partial charge in [0.05, 0.1) is 0 Å². The van der Waals surface area contributed by atoms with E-state index < -0.39 is 0 Å². The van der Waals surface area contributed by atoms with Gasteiger partial charge in [-0.05, 0) is 0 Å². The maximum atomic E-state index is 0. The molecular weight excluding hydrogens is 298 g/mol. The van der Waals surface area contributed by atoms with Crippen LogP contribution in [0.25, 0.3) is 0 Å². The molecule has 0 saturated heterocycles. The average molecular weight is 298 g/mol. The van der Waals surface area contributed by atoms with Gasteiger partial charge in [-0.1, -0.05) is 0 Å². The smallest absolute Gasteiger partial charge is 0 e. The minimum absolute atomic E-state index is 0. The SMILES string of the molecule is [F-].[F-].[F-].[F-].[F-].[F-].[W]. The molecule has 0 aromatic carbocycles. The second-order valence-corrected chi connectivity index (χ2v) is 0. The van der Waals surface area contributed by atoms with E-state index in [0.717, 1.165) is 0 Å². The van der Waals surface area contributed by atoms with E-state index >= 15 is 0 Å². The van der Waals surface area contributed by atoms with Crippen molar-refractivity contribution < 1.29 is 49.3 Å². The van der Waals surface area contributed by atoms with Crippen molar-refractivity contribution in [3.05, 3.63) is 0 Å². The third-order valence-electron chi connectivity index (χ3n) is 0. The van der Waals surface area contributed by atoms with Crippen LogP contribution in [0.2, 0.25) is 0 Å². The van der Waals surface area contributed by atoms with Gasteiger partial charge in [-0.25, -0.2) is 0 Å². The molecule has 7 heavy (non-hydrogen) atoms. The zero-order chi connectivity index (χ0) is 0. The molecule has 0 spiro atoms. The standard InChI is InChI=1S/6FH.W/h6*1H;/p-6. The first-order valence-electron chi connectivity index (χ1n) is 0. The van der Waals surface area contributed by atoms with Gasteiger partial charge in [0.25, 0.3) is 0 Å². The van der Waals surface area contributed by atoms with Gasteiger partial charge in [0.1, 0.15) is 0 Å². The van der Waals surface area contributed by atoms with E-state index in [2.05, 4.69) is 0 Å². The third kappa shape index (κ3) is 1590. The quantitative estimate of drug-likeness (QED) is 0.390. The molecule has 0 radical (unpaired) electrons. The van der Waals surface area contributed by atoms with E-state index in [9.17, 15) is 0 Å². The minimum atomic E-state index is 0. The van der Waals surface area contributed by atoms with Gasteiger partial charge in [-0.2, -0.15) is 0 Å². The van der Waals surface area contributed by atoms with E-state index in [1.165, 1.54) is 0 Å². The molecule has 0 amide bonds. The summed E-state index contributed by atoms with van der Waals surface area (Å²) in [6.45, 7) is 0. The van der Waals surface area contributed by atoms with E-state index in [0.29, 0.717) is 0 Å². The summed E-state index contributed by atoms with van der Waals surface area (Å²) >= 11 is 0. The topological polar surface area (TPSA) is 0 Å². The molecule has 0 nitrogen and oxygen atoms in total. The summed E-state index contributed by atoms with van der Waals surface area (Å²) in [5.41, 5.74) is 0. The summed E-state index contributed by atoms with van der Waals surface area (Å²) in [6, 6.07) is 0. The Hall–Kier alpha value is 0.268. The number of halogens is 6. The first kappa shape index (κ1) is 3970. The predicted octanol–water partition coefficient (Wildman–Crippen LogP) is -18.0. The Morgan fingerprint density at radius 3 is 0.286 bits per heavy atom. The molecule has 0 aliphatic rings. The Balaban J connectivity index is 0. The van der Waals surface area contributed by atoms with Crippen LogP contribution in [0.4, 0.5) is 0 Å². The Bertz CT molecular complexity index is 4.14. The molecule has 0 aromatic heterocycles. The van der Waals surface area contributed by atoms with E-state index in [1.54, 1.807) is 0 Å². The van der Waals surface area contributed by atoms with Gasteiger partial charge in [-0.15, -0.1) is 0 Å². The monoisotopic (exact) mass is 298 g/mol. The fraction of sp³-hybridized carbons (Fsp3) is 0. The minimum Gasteiger partial charge on any atom is -1.00 e. The summed E-state index contributed by atoms with van der Waals surface area (Å²) in [5.74, 6) is 0. The Morgan fingerprint density at radius 2 is 0.286 bits per heavy atom. The fourth-order valence-electron chi connectivity index (χ4n) is 0. The summed E-state index contributed by atoms with van der Waals surface area (Å²) in [7, 11) is 0. The van der Waals surface area contributed by atoms with Crippen LogP contribution in [0.15, 0.2) is 0 Å². The van der Waals surface area contributed by atoms with Crippen molar-refractivity contribution in [2.45, 2.75) is 0 Å². The van der Waals surface area contributed by atoms with Crippen LogP contribution in [-0.4, -0.2) is 0 Å². The van der Waals surface area contributed by atoms with Crippen LogP contribution in [-0.2, 0) is 21.1 Å². The summed E-state index contributed by atoms with van der Waals surface area (Å²) < 4.78 is 0. The number of hydrogen-bond donors (Lipinski definition) is 0. The second-order valence-electron chi connectivity index (χ2n) is 0. The van der Waals surface area contributed by atoms with Crippen LogP contribution in [0.5, 0.6) is 0 Å². The molecule has 0 rings (SSSR count). The van der Waals surface area contributed by atoms with Gasteiger partial charge < -0.3 is 28.2 Å². The van der Waals surface area contributed by atoms with Crippen LogP contribution < -0.4 is 28.2 Å². The summed E-state index contributed by atoms with van der Waals surface area (Å²) in [5, 5.41) is 0. The molecule has 0 saturated carbocycles. The molecule has 0 N–H and O–H groups in total. The van der Waals surface area contributed by atoms with E-state index in [1.807, 2.05) is 0 Å². The van der Waals surface area contributed by atoms with Gasteiger partial charge in [0.2, 0.25) is 0 Å². The molecule has 0 aliphatic heterocycles. The summed E-state index contributed by atoms with van der Waals surface area (Å²) in [4.78, 5) is 0. The zero-order valence-corrected chi connectivity index (χ0v) is 5.61. The molecule has 0 aliphatic carbocycles. The first-order valence-corrected chi connectivity index (χ1v) is 0. The zero-order valence-electron chi connectivity index (χ0n) is 2.68. The molecule has 7 heteroatoms. The van der Waals surface area contributed by atoms with Crippen LogP contribution in [0.1, 0.15) is 0 Å². The molecule has 0 heterocycles. The van der Waals surface area contributed by atoms with Crippen molar-refractivity contribution in [2.75, 3.05) is 0 Å². The maximum absolute atomic E-state index is 0. The largest absolute Gasteiger partial charge is 1.00 e. The Kier molecular flexibility index (Phi) is 1370000. The van der Waals surface area contributed by atoms with Gasteiger partial charge in [0, 0.05) is 21.1 Å². The molecule has 0 unspecified atom stereocenters. The van der Waals surface area contributed by atoms with Gasteiger partial charge >= 0.3 is 0 Å². The molecule has 0 aromatic rings. The van der Waals surface area contributed by atoms with Crippen molar-refractivity contribution in [3.63, 3.8) is 0 Å². The Labute approximate surface area is 50.1 Å². The first-order chi connectivity index (χ1) is 0. The normalized spacial score (nSPS) is 0.